The van der Waals surface area contributed by atoms with Gasteiger partial charge in [0.1, 0.15) is 17.5 Å². The zero-order valence-corrected chi connectivity index (χ0v) is 24.3. The number of fused-ring (bicyclic) bond motifs is 2. The van der Waals surface area contributed by atoms with E-state index in [0.717, 1.165) is 40.6 Å². The van der Waals surface area contributed by atoms with Gasteiger partial charge >= 0.3 is 6.18 Å². The van der Waals surface area contributed by atoms with Crippen molar-refractivity contribution in [3.05, 3.63) is 89.1 Å². The number of carbonyl (C=O) groups is 1. The zero-order valence-electron chi connectivity index (χ0n) is 23.5. The average Bonchev–Trinajstić information content (AvgIpc) is 3.46. The highest BCUT2D eigenvalue weighted by Gasteiger charge is 2.31. The second-order valence-electron chi connectivity index (χ2n) is 10.8. The van der Waals surface area contributed by atoms with Crippen LogP contribution in [0.4, 0.5) is 36.3 Å². The Morgan fingerprint density at radius 2 is 1.84 bits per heavy atom. The minimum atomic E-state index is -4.58. The van der Waals surface area contributed by atoms with Gasteiger partial charge in [-0.15, -0.1) is 11.3 Å². The fraction of sp³-hybridized carbons (Fsp3) is 0.194. The topological polar surface area (TPSA) is 110 Å². The number of aromatic nitrogens is 5. The molecule has 4 heterocycles. The van der Waals surface area contributed by atoms with Gasteiger partial charge in [-0.05, 0) is 67.8 Å². The van der Waals surface area contributed by atoms with Crippen LogP contribution in [0.1, 0.15) is 40.3 Å². The second kappa shape index (κ2) is 10.6. The quantitative estimate of drug-likeness (QED) is 0.170. The molecule has 1 aliphatic rings. The molecule has 1 fully saturated rings. The molecule has 1 amide bonds. The maximum absolute atomic E-state index is 13.9. The lowest BCUT2D eigenvalue weighted by Gasteiger charge is -2.16. The van der Waals surface area contributed by atoms with Gasteiger partial charge in [-0.25, -0.2) is 19.9 Å². The van der Waals surface area contributed by atoms with Crippen LogP contribution in [0.15, 0.2) is 66.4 Å². The van der Waals surface area contributed by atoms with Crippen molar-refractivity contribution in [2.24, 2.45) is 0 Å². The third-order valence-electron chi connectivity index (χ3n) is 7.17. The second-order valence-corrected chi connectivity index (χ2v) is 11.7. The van der Waals surface area contributed by atoms with Crippen molar-refractivity contribution in [1.29, 1.82) is 0 Å². The molecular weight excluding hydrogens is 589 g/mol. The standard InChI is InChI=1S/C31H25F3N8OS/c1-16-3-6-23-18(9-16)10-25(36-21-11-19(31(32,33)34)12-22(13-21)42-14-17(2)35-15-42)39-27(23)41-30(43)29-38-24-7-8-44-26(24)28(40-29)37-20-4-5-20/h3,6-15,20H,4-5H2,1-2H3,(H,37,38,40)(H2,36,39,41,43). The molecule has 0 spiro atoms. The Balaban J connectivity index is 1.26. The van der Waals surface area contributed by atoms with E-state index in [-0.39, 0.29) is 28.8 Å². The molecule has 0 radical (unpaired) electrons. The van der Waals surface area contributed by atoms with Crippen LogP contribution in [0.2, 0.25) is 0 Å². The molecule has 0 unspecified atom stereocenters. The molecule has 44 heavy (non-hydrogen) atoms. The van der Waals surface area contributed by atoms with Gasteiger partial charge < -0.3 is 20.5 Å². The Labute approximate surface area is 253 Å². The normalized spacial score (nSPS) is 13.4. The monoisotopic (exact) mass is 614 g/mol. The van der Waals surface area contributed by atoms with Gasteiger partial charge in [-0.2, -0.15) is 13.2 Å². The van der Waals surface area contributed by atoms with E-state index in [1.165, 1.54) is 22.2 Å². The molecule has 7 rings (SSSR count). The zero-order chi connectivity index (χ0) is 30.6. The van der Waals surface area contributed by atoms with Crippen molar-refractivity contribution < 1.29 is 18.0 Å². The lowest BCUT2D eigenvalue weighted by molar-refractivity contribution is -0.137. The SMILES string of the molecule is Cc1ccc2c(NC(=O)c3nc(NC4CC4)c4sccc4n3)nc(Nc3cc(-n4cnc(C)c4)cc(C(F)(F)F)c3)cc2c1. The summed E-state index contributed by atoms with van der Waals surface area (Å²) in [6.45, 7) is 3.68. The first kappa shape index (κ1) is 27.8. The van der Waals surface area contributed by atoms with E-state index in [0.29, 0.717) is 28.5 Å². The number of imidazole rings is 1. The molecule has 0 bridgehead atoms. The van der Waals surface area contributed by atoms with Crippen LogP contribution in [0.5, 0.6) is 0 Å². The van der Waals surface area contributed by atoms with E-state index >= 15 is 0 Å². The van der Waals surface area contributed by atoms with E-state index in [1.54, 1.807) is 25.3 Å². The number of carbonyl (C=O) groups excluding carboxylic acids is 1. The van der Waals surface area contributed by atoms with Crippen LogP contribution in [0.25, 0.3) is 26.7 Å². The van der Waals surface area contributed by atoms with Crippen LogP contribution in [0.3, 0.4) is 0 Å². The van der Waals surface area contributed by atoms with Crippen molar-refractivity contribution in [3.8, 4) is 5.69 Å². The molecule has 0 aliphatic heterocycles. The summed E-state index contributed by atoms with van der Waals surface area (Å²) in [6, 6.07) is 13.2. The Kier molecular flexibility index (Phi) is 6.69. The summed E-state index contributed by atoms with van der Waals surface area (Å²) >= 11 is 1.50. The van der Waals surface area contributed by atoms with E-state index < -0.39 is 17.6 Å². The number of aryl methyl sites for hydroxylation is 2. The van der Waals surface area contributed by atoms with Crippen LogP contribution < -0.4 is 16.0 Å². The first-order chi connectivity index (χ1) is 21.1. The summed E-state index contributed by atoms with van der Waals surface area (Å²) in [4.78, 5) is 31.3. The summed E-state index contributed by atoms with van der Waals surface area (Å²) < 4.78 is 44.0. The Morgan fingerprint density at radius 3 is 2.59 bits per heavy atom. The maximum Gasteiger partial charge on any atom is 0.416 e. The lowest BCUT2D eigenvalue weighted by atomic mass is 10.1. The Hall–Kier alpha value is -5.04. The molecule has 1 saturated carbocycles. The number of nitrogens with one attached hydrogen (secondary N) is 3. The Bertz CT molecular complexity index is 2070. The molecule has 2 aromatic carbocycles. The minimum Gasteiger partial charge on any atom is -0.366 e. The number of rotatable bonds is 7. The van der Waals surface area contributed by atoms with Crippen LogP contribution >= 0.6 is 11.3 Å². The van der Waals surface area contributed by atoms with Gasteiger partial charge in [-0.3, -0.25) is 4.79 Å². The van der Waals surface area contributed by atoms with Gasteiger partial charge in [0.05, 0.1) is 27.8 Å². The van der Waals surface area contributed by atoms with Gasteiger partial charge in [0.2, 0.25) is 5.82 Å². The first-order valence-electron chi connectivity index (χ1n) is 13.8. The van der Waals surface area contributed by atoms with E-state index in [9.17, 15) is 18.0 Å². The number of benzene rings is 2. The summed E-state index contributed by atoms with van der Waals surface area (Å²) in [7, 11) is 0. The fourth-order valence-electron chi connectivity index (χ4n) is 4.89. The molecule has 0 saturated heterocycles. The number of amides is 1. The maximum atomic E-state index is 13.9. The number of pyridine rings is 1. The average molecular weight is 615 g/mol. The van der Waals surface area contributed by atoms with Gasteiger partial charge in [-0.1, -0.05) is 23.8 Å². The molecule has 4 aromatic heterocycles. The number of hydrogen-bond acceptors (Lipinski definition) is 8. The molecule has 9 nitrogen and oxygen atoms in total. The molecular formula is C31H25F3N8OS. The van der Waals surface area contributed by atoms with Crippen LogP contribution in [0, 0.1) is 13.8 Å². The molecule has 0 atom stereocenters. The van der Waals surface area contributed by atoms with Crippen molar-refractivity contribution in [3.63, 3.8) is 0 Å². The van der Waals surface area contributed by atoms with Gasteiger partial charge in [0, 0.05) is 29.0 Å². The highest BCUT2D eigenvalue weighted by atomic mass is 32.1. The number of anilines is 4. The highest BCUT2D eigenvalue weighted by molar-refractivity contribution is 7.17. The smallest absolute Gasteiger partial charge is 0.366 e. The minimum absolute atomic E-state index is 0.0161. The van der Waals surface area contributed by atoms with Crippen LogP contribution in [-0.2, 0) is 6.18 Å². The third kappa shape index (κ3) is 5.65. The highest BCUT2D eigenvalue weighted by Crippen LogP contribution is 2.35. The van der Waals surface area contributed by atoms with Crippen LogP contribution in [-0.4, -0.2) is 36.5 Å². The summed E-state index contributed by atoms with van der Waals surface area (Å²) in [5.74, 6) is 0.516. The third-order valence-corrected chi connectivity index (χ3v) is 8.08. The van der Waals surface area contributed by atoms with Crippen molar-refractivity contribution in [1.82, 2.24) is 24.5 Å². The number of hydrogen-bond donors (Lipinski definition) is 3. The predicted octanol–water partition coefficient (Wildman–Crippen LogP) is 7.63. The summed E-state index contributed by atoms with van der Waals surface area (Å²) in [6.07, 6.45) is 0.614. The number of nitrogens with zero attached hydrogens (tertiary/aromatic N) is 5. The largest absolute Gasteiger partial charge is 0.416 e. The van der Waals surface area contributed by atoms with Crippen molar-refractivity contribution >= 4 is 61.4 Å². The molecule has 6 aromatic rings. The molecule has 3 N–H and O–H groups in total. The van der Waals surface area contributed by atoms with Gasteiger partial charge in [0.25, 0.3) is 5.91 Å². The lowest BCUT2D eigenvalue weighted by Crippen LogP contribution is -2.18. The summed E-state index contributed by atoms with van der Waals surface area (Å²) in [5.41, 5.74) is 1.91. The first-order valence-corrected chi connectivity index (χ1v) is 14.7. The predicted molar refractivity (Wildman–Crippen MR) is 165 cm³/mol. The Morgan fingerprint density at radius 1 is 1.00 bits per heavy atom. The molecule has 13 heteroatoms. The van der Waals surface area contributed by atoms with E-state index in [2.05, 4.69) is 35.9 Å². The van der Waals surface area contributed by atoms with Crippen molar-refractivity contribution in [2.75, 3.05) is 16.0 Å². The number of alkyl halides is 3. The van der Waals surface area contributed by atoms with E-state index in [1.807, 2.05) is 36.6 Å². The van der Waals surface area contributed by atoms with E-state index in [4.69, 9.17) is 0 Å². The van der Waals surface area contributed by atoms with Gasteiger partial charge in [0.15, 0.2) is 0 Å². The number of halogens is 3. The fourth-order valence-corrected chi connectivity index (χ4v) is 5.67. The number of thiophene rings is 1. The van der Waals surface area contributed by atoms with Crippen molar-refractivity contribution in [2.45, 2.75) is 38.9 Å². The molecule has 222 valence electrons. The summed E-state index contributed by atoms with van der Waals surface area (Å²) in [5, 5.41) is 12.5. The molecule has 1 aliphatic carbocycles.